The summed E-state index contributed by atoms with van der Waals surface area (Å²) in [4.78, 5) is 18.6. The van der Waals surface area contributed by atoms with Crippen molar-refractivity contribution in [1.82, 2.24) is 9.97 Å². The van der Waals surface area contributed by atoms with Crippen molar-refractivity contribution in [3.63, 3.8) is 0 Å². The predicted molar refractivity (Wildman–Crippen MR) is 52.2 cm³/mol. The number of rotatable bonds is 3. The highest BCUT2D eigenvalue weighted by Gasteiger charge is 2.11. The van der Waals surface area contributed by atoms with E-state index in [4.69, 9.17) is 5.11 Å². The molecule has 0 aliphatic heterocycles. The number of nitrogens with one attached hydrogen (secondary N) is 1. The lowest BCUT2D eigenvalue weighted by Gasteiger charge is -2.09. The number of carboxylic acids is 1. The first-order chi connectivity index (χ1) is 6.50. The van der Waals surface area contributed by atoms with Crippen LogP contribution in [0.25, 0.3) is 0 Å². The van der Waals surface area contributed by atoms with Gasteiger partial charge in [0.25, 0.3) is 0 Å². The minimum Gasteiger partial charge on any atom is -0.480 e. The molecule has 1 rings (SSSR count). The van der Waals surface area contributed by atoms with Crippen molar-refractivity contribution < 1.29 is 9.90 Å². The molecule has 1 heterocycles. The number of nitrogens with zero attached hydrogens (tertiary/aromatic N) is 2. The number of hydrogen-bond donors (Lipinski definition) is 2. The van der Waals surface area contributed by atoms with Gasteiger partial charge in [-0.05, 0) is 26.3 Å². The zero-order chi connectivity index (χ0) is 10.7. The Labute approximate surface area is 82.2 Å². The molecule has 5 heteroatoms. The molecule has 1 atom stereocenters. The van der Waals surface area contributed by atoms with Crippen LogP contribution in [0, 0.1) is 13.8 Å². The zero-order valence-electron chi connectivity index (χ0n) is 8.40. The van der Waals surface area contributed by atoms with Crippen LogP contribution < -0.4 is 5.32 Å². The lowest BCUT2D eigenvalue weighted by molar-refractivity contribution is -0.137. The van der Waals surface area contributed by atoms with Crippen molar-refractivity contribution in [3.05, 3.63) is 17.5 Å². The van der Waals surface area contributed by atoms with Crippen LogP contribution in [0.4, 0.5) is 5.95 Å². The van der Waals surface area contributed by atoms with Gasteiger partial charge in [0.1, 0.15) is 6.04 Å². The Morgan fingerprint density at radius 1 is 1.57 bits per heavy atom. The molecule has 0 fully saturated rings. The summed E-state index contributed by atoms with van der Waals surface area (Å²) in [6.07, 6.45) is 1.67. The first-order valence-corrected chi connectivity index (χ1v) is 4.30. The van der Waals surface area contributed by atoms with Gasteiger partial charge in [-0.15, -0.1) is 0 Å². The van der Waals surface area contributed by atoms with Crippen LogP contribution in [0.2, 0.25) is 0 Å². The van der Waals surface area contributed by atoms with Gasteiger partial charge in [-0.25, -0.2) is 9.97 Å². The average Bonchev–Trinajstić information content (AvgIpc) is 2.11. The Balaban J connectivity index is 2.78. The summed E-state index contributed by atoms with van der Waals surface area (Å²) in [5.41, 5.74) is 1.83. The van der Waals surface area contributed by atoms with Crippen LogP contribution >= 0.6 is 0 Å². The molecule has 2 N–H and O–H groups in total. The van der Waals surface area contributed by atoms with E-state index in [1.807, 2.05) is 13.8 Å². The summed E-state index contributed by atoms with van der Waals surface area (Å²) in [6, 6.07) is -0.683. The largest absolute Gasteiger partial charge is 0.480 e. The maximum Gasteiger partial charge on any atom is 0.325 e. The Kier molecular flexibility index (Phi) is 3.01. The summed E-state index contributed by atoms with van der Waals surface area (Å²) in [6.45, 7) is 5.30. The van der Waals surface area contributed by atoms with E-state index in [0.29, 0.717) is 5.95 Å². The van der Waals surface area contributed by atoms with Gasteiger partial charge < -0.3 is 10.4 Å². The predicted octanol–water partition coefficient (Wildman–Crippen LogP) is 0.978. The van der Waals surface area contributed by atoms with Crippen molar-refractivity contribution in [1.29, 1.82) is 0 Å². The third-order valence-corrected chi connectivity index (χ3v) is 1.94. The second kappa shape index (κ2) is 4.04. The molecule has 0 aliphatic rings. The average molecular weight is 195 g/mol. The number of anilines is 1. The Morgan fingerprint density at radius 3 is 2.71 bits per heavy atom. The molecule has 1 unspecified atom stereocenters. The van der Waals surface area contributed by atoms with E-state index < -0.39 is 12.0 Å². The molecule has 0 saturated heterocycles. The molecule has 0 spiro atoms. The maximum absolute atomic E-state index is 10.5. The summed E-state index contributed by atoms with van der Waals surface area (Å²) in [7, 11) is 0. The number of aliphatic carboxylic acids is 1. The van der Waals surface area contributed by atoms with Gasteiger partial charge in [-0.3, -0.25) is 4.79 Å². The van der Waals surface area contributed by atoms with Gasteiger partial charge in [-0.2, -0.15) is 0 Å². The Hall–Kier alpha value is -1.65. The van der Waals surface area contributed by atoms with Crippen molar-refractivity contribution in [3.8, 4) is 0 Å². The van der Waals surface area contributed by atoms with Crippen molar-refractivity contribution >= 4 is 11.9 Å². The zero-order valence-corrected chi connectivity index (χ0v) is 8.40. The van der Waals surface area contributed by atoms with Gasteiger partial charge in [-0.1, -0.05) is 0 Å². The van der Waals surface area contributed by atoms with Gasteiger partial charge in [0.2, 0.25) is 5.95 Å². The van der Waals surface area contributed by atoms with Crippen molar-refractivity contribution in [2.24, 2.45) is 0 Å². The van der Waals surface area contributed by atoms with E-state index in [1.165, 1.54) is 0 Å². The van der Waals surface area contributed by atoms with E-state index in [0.717, 1.165) is 11.3 Å². The van der Waals surface area contributed by atoms with E-state index in [9.17, 15) is 4.79 Å². The summed E-state index contributed by atoms with van der Waals surface area (Å²) in [5, 5.41) is 11.3. The second-order valence-electron chi connectivity index (χ2n) is 3.17. The van der Waals surface area contributed by atoms with E-state index in [2.05, 4.69) is 15.3 Å². The second-order valence-corrected chi connectivity index (χ2v) is 3.17. The van der Waals surface area contributed by atoms with Gasteiger partial charge in [0.15, 0.2) is 0 Å². The smallest absolute Gasteiger partial charge is 0.325 e. The standard InChI is InChI=1S/C9H13N3O2/c1-5-4-10-9(11-6(5)2)12-7(3)8(13)14/h4,7H,1-3H3,(H,13,14)(H,10,11,12). The van der Waals surface area contributed by atoms with E-state index in [-0.39, 0.29) is 0 Å². The Bertz CT molecular complexity index is 352. The fourth-order valence-electron chi connectivity index (χ4n) is 0.852. The monoisotopic (exact) mass is 195 g/mol. The number of carboxylic acid groups (broad SMARTS) is 1. The quantitative estimate of drug-likeness (QED) is 0.751. The number of carbonyl (C=O) groups is 1. The summed E-state index contributed by atoms with van der Waals surface area (Å²) < 4.78 is 0. The van der Waals surface area contributed by atoms with Gasteiger partial charge in [0, 0.05) is 11.9 Å². The molecule has 5 nitrogen and oxygen atoms in total. The van der Waals surface area contributed by atoms with Crippen LogP contribution in [0.3, 0.4) is 0 Å². The number of aromatic nitrogens is 2. The van der Waals surface area contributed by atoms with E-state index in [1.54, 1.807) is 13.1 Å². The molecule has 0 aliphatic carbocycles. The molecule has 0 bridgehead atoms. The summed E-state index contributed by atoms with van der Waals surface area (Å²) >= 11 is 0. The topological polar surface area (TPSA) is 75.1 Å². The van der Waals surface area contributed by atoms with Crippen LogP contribution in [-0.4, -0.2) is 27.1 Å². The molecule has 0 saturated carbocycles. The van der Waals surface area contributed by atoms with Crippen LogP contribution in [0.15, 0.2) is 6.20 Å². The fraction of sp³-hybridized carbons (Fsp3) is 0.444. The van der Waals surface area contributed by atoms with Gasteiger partial charge >= 0.3 is 5.97 Å². The molecule has 0 radical (unpaired) electrons. The first kappa shape index (κ1) is 10.4. The lowest BCUT2D eigenvalue weighted by Crippen LogP contribution is -2.26. The van der Waals surface area contributed by atoms with Gasteiger partial charge in [0.05, 0.1) is 0 Å². The van der Waals surface area contributed by atoms with Crippen LogP contribution in [0.5, 0.6) is 0 Å². The molecule has 14 heavy (non-hydrogen) atoms. The minimum atomic E-state index is -0.924. The molecule has 0 amide bonds. The maximum atomic E-state index is 10.5. The Morgan fingerprint density at radius 2 is 2.21 bits per heavy atom. The SMILES string of the molecule is Cc1cnc(NC(C)C(=O)O)nc1C. The fourth-order valence-corrected chi connectivity index (χ4v) is 0.852. The van der Waals surface area contributed by atoms with Crippen LogP contribution in [-0.2, 0) is 4.79 Å². The third kappa shape index (κ3) is 2.42. The minimum absolute atomic E-state index is 0.350. The van der Waals surface area contributed by atoms with Crippen molar-refractivity contribution in [2.75, 3.05) is 5.32 Å². The molecule has 1 aromatic rings. The summed E-state index contributed by atoms with van der Waals surface area (Å²) in [5.74, 6) is -0.574. The number of hydrogen-bond acceptors (Lipinski definition) is 4. The third-order valence-electron chi connectivity index (χ3n) is 1.94. The van der Waals surface area contributed by atoms with Crippen LogP contribution in [0.1, 0.15) is 18.2 Å². The highest BCUT2D eigenvalue weighted by Crippen LogP contribution is 2.06. The lowest BCUT2D eigenvalue weighted by atomic mass is 10.3. The van der Waals surface area contributed by atoms with Crippen molar-refractivity contribution in [2.45, 2.75) is 26.8 Å². The van der Waals surface area contributed by atoms with E-state index >= 15 is 0 Å². The molecular weight excluding hydrogens is 182 g/mol. The molecule has 1 aromatic heterocycles. The number of aryl methyl sites for hydroxylation is 2. The molecular formula is C9H13N3O2. The first-order valence-electron chi connectivity index (χ1n) is 4.30. The highest BCUT2D eigenvalue weighted by atomic mass is 16.4. The normalized spacial score (nSPS) is 12.2. The molecule has 0 aromatic carbocycles. The molecule has 76 valence electrons. The highest BCUT2D eigenvalue weighted by molar-refractivity contribution is 5.75.